The van der Waals surface area contributed by atoms with Crippen LogP contribution < -0.4 is 21.9 Å². The number of nitrogens with two attached hydrogens (primary N) is 1. The van der Waals surface area contributed by atoms with Crippen LogP contribution in [0, 0.1) is 5.41 Å². The third-order valence-electron chi connectivity index (χ3n) is 5.38. The second-order valence-electron chi connectivity index (χ2n) is 7.70. The Kier molecular flexibility index (Phi) is 6.31. The van der Waals surface area contributed by atoms with Crippen molar-refractivity contribution in [2.45, 2.75) is 38.5 Å². The van der Waals surface area contributed by atoms with Crippen molar-refractivity contribution in [1.29, 1.82) is 0 Å². The number of H-pyrrole nitrogens is 1. The van der Waals surface area contributed by atoms with Crippen LogP contribution in [-0.4, -0.2) is 35.8 Å². The van der Waals surface area contributed by atoms with Crippen molar-refractivity contribution in [3.8, 4) is 0 Å². The standard InChI is InChI=1S/C21H26N4O4/c22-17(26)6-3-7-18(27)23-11-10-21(8-9-21)13-24-20(29)16-12-14-4-1-2-5-15(14)19(28)25-16/h1-2,4-5,12H,3,6-11,13H2,(H2,22,26)(H,23,27)(H,24,29)(H,25,28). The van der Waals surface area contributed by atoms with E-state index in [4.69, 9.17) is 5.73 Å². The summed E-state index contributed by atoms with van der Waals surface area (Å²) in [5.41, 5.74) is 5.01. The van der Waals surface area contributed by atoms with E-state index in [1.54, 1.807) is 24.3 Å². The quantitative estimate of drug-likeness (QED) is 0.478. The Morgan fingerprint density at radius 1 is 1.10 bits per heavy atom. The molecule has 3 amide bonds. The van der Waals surface area contributed by atoms with Crippen molar-refractivity contribution in [2.75, 3.05) is 13.1 Å². The number of primary amides is 1. The highest BCUT2D eigenvalue weighted by molar-refractivity contribution is 5.96. The van der Waals surface area contributed by atoms with Crippen molar-refractivity contribution >= 4 is 28.5 Å². The van der Waals surface area contributed by atoms with Gasteiger partial charge in [0, 0.05) is 31.3 Å². The van der Waals surface area contributed by atoms with Gasteiger partial charge < -0.3 is 21.4 Å². The smallest absolute Gasteiger partial charge is 0.267 e. The SMILES string of the molecule is NC(=O)CCCC(=O)NCCC1(CNC(=O)c2cc3ccccc3c(=O)[nH]2)CC1. The Labute approximate surface area is 168 Å². The number of fused-ring (bicyclic) bond motifs is 1. The van der Waals surface area contributed by atoms with Gasteiger partial charge in [0.05, 0.1) is 0 Å². The highest BCUT2D eigenvalue weighted by Crippen LogP contribution is 2.47. The minimum atomic E-state index is -0.404. The van der Waals surface area contributed by atoms with Crippen molar-refractivity contribution < 1.29 is 14.4 Å². The lowest BCUT2D eigenvalue weighted by atomic mass is 10.0. The van der Waals surface area contributed by atoms with E-state index in [1.165, 1.54) is 0 Å². The van der Waals surface area contributed by atoms with Gasteiger partial charge in [-0.2, -0.15) is 0 Å². The molecule has 1 fully saturated rings. The summed E-state index contributed by atoms with van der Waals surface area (Å²) >= 11 is 0. The lowest BCUT2D eigenvalue weighted by Gasteiger charge is -2.16. The van der Waals surface area contributed by atoms with Gasteiger partial charge in [-0.15, -0.1) is 0 Å². The fourth-order valence-electron chi connectivity index (χ4n) is 3.37. The largest absolute Gasteiger partial charge is 0.370 e. The molecule has 0 saturated heterocycles. The van der Waals surface area contributed by atoms with E-state index in [0.29, 0.717) is 24.9 Å². The molecule has 0 atom stereocenters. The Bertz CT molecular complexity index is 978. The average Bonchev–Trinajstić information content (AvgIpc) is 3.46. The zero-order chi connectivity index (χ0) is 20.9. The molecule has 1 heterocycles. The molecule has 1 aromatic carbocycles. The molecule has 5 N–H and O–H groups in total. The van der Waals surface area contributed by atoms with Crippen molar-refractivity contribution in [3.05, 3.63) is 46.4 Å². The van der Waals surface area contributed by atoms with Gasteiger partial charge in [-0.05, 0) is 48.6 Å². The molecule has 2 aromatic rings. The first-order chi connectivity index (χ1) is 13.9. The summed E-state index contributed by atoms with van der Waals surface area (Å²) in [6, 6.07) is 8.81. The molecule has 3 rings (SSSR count). The third kappa shape index (κ3) is 5.66. The molecular weight excluding hydrogens is 372 g/mol. The maximum absolute atomic E-state index is 12.5. The first-order valence-electron chi connectivity index (χ1n) is 9.84. The number of nitrogens with one attached hydrogen (secondary N) is 3. The maximum atomic E-state index is 12.5. The van der Waals surface area contributed by atoms with Crippen molar-refractivity contribution in [1.82, 2.24) is 15.6 Å². The number of carbonyl (C=O) groups excluding carboxylic acids is 3. The molecule has 0 unspecified atom stereocenters. The van der Waals surface area contributed by atoms with Crippen LogP contribution in [0.4, 0.5) is 0 Å². The molecule has 1 aliphatic carbocycles. The topological polar surface area (TPSA) is 134 Å². The number of hydrogen-bond donors (Lipinski definition) is 4. The van der Waals surface area contributed by atoms with Crippen LogP contribution in [0.3, 0.4) is 0 Å². The molecule has 0 bridgehead atoms. The number of benzene rings is 1. The van der Waals surface area contributed by atoms with Crippen LogP contribution in [0.25, 0.3) is 10.8 Å². The molecule has 1 aromatic heterocycles. The molecule has 0 spiro atoms. The number of carbonyl (C=O) groups is 3. The predicted molar refractivity (Wildman–Crippen MR) is 109 cm³/mol. The molecule has 154 valence electrons. The minimum Gasteiger partial charge on any atom is -0.370 e. The fraction of sp³-hybridized carbons (Fsp3) is 0.429. The van der Waals surface area contributed by atoms with E-state index < -0.39 is 5.91 Å². The minimum absolute atomic E-state index is 0.00664. The van der Waals surface area contributed by atoms with Gasteiger partial charge in [-0.25, -0.2) is 0 Å². The summed E-state index contributed by atoms with van der Waals surface area (Å²) in [5.74, 6) is -0.812. The molecule has 0 radical (unpaired) electrons. The Balaban J connectivity index is 1.46. The third-order valence-corrected chi connectivity index (χ3v) is 5.38. The van der Waals surface area contributed by atoms with Crippen LogP contribution in [0.5, 0.6) is 0 Å². The number of pyridine rings is 1. The number of hydrogen-bond acceptors (Lipinski definition) is 4. The summed E-state index contributed by atoms with van der Waals surface area (Å²) in [7, 11) is 0. The van der Waals surface area contributed by atoms with E-state index >= 15 is 0 Å². The maximum Gasteiger partial charge on any atom is 0.267 e. The summed E-state index contributed by atoms with van der Waals surface area (Å²) in [6.45, 7) is 1.02. The Morgan fingerprint density at radius 2 is 1.86 bits per heavy atom. The fourth-order valence-corrected chi connectivity index (χ4v) is 3.37. The predicted octanol–water partition coefficient (Wildman–Crippen LogP) is 1.20. The van der Waals surface area contributed by atoms with E-state index in [9.17, 15) is 19.2 Å². The first-order valence-corrected chi connectivity index (χ1v) is 9.84. The number of amides is 3. The second kappa shape index (κ2) is 8.89. The molecule has 1 saturated carbocycles. The molecule has 0 aliphatic heterocycles. The van der Waals surface area contributed by atoms with E-state index in [2.05, 4.69) is 15.6 Å². The molecule has 8 heteroatoms. The van der Waals surface area contributed by atoms with Crippen molar-refractivity contribution in [2.24, 2.45) is 11.1 Å². The van der Waals surface area contributed by atoms with E-state index in [-0.39, 0.29) is 41.3 Å². The average molecular weight is 398 g/mol. The van der Waals surface area contributed by atoms with Crippen molar-refractivity contribution in [3.63, 3.8) is 0 Å². The zero-order valence-corrected chi connectivity index (χ0v) is 16.3. The highest BCUT2D eigenvalue weighted by Gasteiger charge is 2.42. The second-order valence-corrected chi connectivity index (χ2v) is 7.70. The summed E-state index contributed by atoms with van der Waals surface area (Å²) in [6.07, 6.45) is 3.68. The normalized spacial score (nSPS) is 14.3. The van der Waals surface area contributed by atoms with Gasteiger partial charge in [-0.1, -0.05) is 18.2 Å². The molecule has 1 aliphatic rings. The number of rotatable bonds is 10. The monoisotopic (exact) mass is 398 g/mol. The van der Waals surface area contributed by atoms with Crippen LogP contribution in [-0.2, 0) is 9.59 Å². The lowest BCUT2D eigenvalue weighted by Crippen LogP contribution is -2.34. The van der Waals surface area contributed by atoms with Crippen LogP contribution in [0.1, 0.15) is 49.0 Å². The molecule has 8 nitrogen and oxygen atoms in total. The van der Waals surface area contributed by atoms with Gasteiger partial charge >= 0.3 is 0 Å². The summed E-state index contributed by atoms with van der Waals surface area (Å²) < 4.78 is 0. The van der Waals surface area contributed by atoms with Crippen LogP contribution in [0.2, 0.25) is 0 Å². The van der Waals surface area contributed by atoms with E-state index in [1.807, 2.05) is 6.07 Å². The molecule has 29 heavy (non-hydrogen) atoms. The van der Waals surface area contributed by atoms with Gasteiger partial charge in [0.1, 0.15) is 5.69 Å². The number of aromatic amines is 1. The summed E-state index contributed by atoms with van der Waals surface area (Å²) in [5, 5.41) is 7.03. The number of aromatic nitrogens is 1. The van der Waals surface area contributed by atoms with Gasteiger partial charge in [0.15, 0.2) is 0 Å². The van der Waals surface area contributed by atoms with Crippen LogP contribution in [0.15, 0.2) is 35.1 Å². The van der Waals surface area contributed by atoms with Gasteiger partial charge in [0.25, 0.3) is 11.5 Å². The Hall–Kier alpha value is -3.16. The molecular formula is C21H26N4O4. The summed E-state index contributed by atoms with van der Waals surface area (Å²) in [4.78, 5) is 49.7. The van der Waals surface area contributed by atoms with Crippen LogP contribution >= 0.6 is 0 Å². The van der Waals surface area contributed by atoms with Gasteiger partial charge in [0.2, 0.25) is 11.8 Å². The highest BCUT2D eigenvalue weighted by atomic mass is 16.2. The van der Waals surface area contributed by atoms with E-state index in [0.717, 1.165) is 24.6 Å². The first kappa shape index (κ1) is 20.6. The Morgan fingerprint density at radius 3 is 2.59 bits per heavy atom. The zero-order valence-electron chi connectivity index (χ0n) is 16.3. The lowest BCUT2D eigenvalue weighted by molar-refractivity contribution is -0.121. The van der Waals surface area contributed by atoms with Gasteiger partial charge in [-0.3, -0.25) is 19.2 Å².